The Bertz CT molecular complexity index is 472. The van der Waals surface area contributed by atoms with Crippen LogP contribution in [0.1, 0.15) is 0 Å². The number of rotatable bonds is 1. The van der Waals surface area contributed by atoms with Gasteiger partial charge in [-0.3, -0.25) is 0 Å². The first-order chi connectivity index (χ1) is 6.29. The third-order valence-corrected chi connectivity index (χ3v) is 2.55. The molecule has 2 nitrogen and oxygen atoms in total. The van der Waals surface area contributed by atoms with Crippen molar-refractivity contribution in [2.45, 2.75) is 0 Å². The third-order valence-electron chi connectivity index (χ3n) is 1.31. The fourth-order valence-electron chi connectivity index (χ4n) is 0.819. The summed E-state index contributed by atoms with van der Waals surface area (Å²) in [6.45, 7) is 0. The number of hydrogen-bond acceptors (Lipinski definition) is 2. The average Bonchev–Trinajstić information content (AvgIpc) is 1.97. The van der Waals surface area contributed by atoms with Gasteiger partial charge in [0.15, 0.2) is 5.82 Å². The summed E-state index contributed by atoms with van der Waals surface area (Å²) < 4.78 is 41.0. The Morgan fingerprint density at radius 3 is 2.36 bits per heavy atom. The molecule has 0 aromatic heterocycles. The van der Waals surface area contributed by atoms with Gasteiger partial charge in [0.2, 0.25) is 0 Å². The monoisotopic (exact) mass is 283 g/mol. The van der Waals surface area contributed by atoms with Crippen molar-refractivity contribution in [1.29, 1.82) is 0 Å². The lowest BCUT2D eigenvalue weighted by molar-refractivity contribution is 0.596. The standard InChI is InChI=1S/C8H8BrF2NOS/c1-14(2,13)12-8-4-6(10)5(9)3-7(8)11/h3-4H,1-2H3. The highest BCUT2D eigenvalue weighted by molar-refractivity contribution is 9.10. The molecule has 0 N–H and O–H groups in total. The van der Waals surface area contributed by atoms with Gasteiger partial charge < -0.3 is 0 Å². The second-order valence-corrected chi connectivity index (χ2v) is 6.39. The molecule has 0 heterocycles. The zero-order valence-electron chi connectivity index (χ0n) is 7.55. The molecule has 0 aliphatic heterocycles. The van der Waals surface area contributed by atoms with Gasteiger partial charge in [0.1, 0.15) is 11.5 Å². The zero-order valence-corrected chi connectivity index (χ0v) is 9.95. The van der Waals surface area contributed by atoms with Crippen LogP contribution >= 0.6 is 15.9 Å². The van der Waals surface area contributed by atoms with Crippen LogP contribution in [0.5, 0.6) is 0 Å². The Morgan fingerprint density at radius 2 is 1.86 bits per heavy atom. The van der Waals surface area contributed by atoms with Crippen LogP contribution in [0.25, 0.3) is 0 Å². The normalized spacial score (nSPS) is 11.5. The van der Waals surface area contributed by atoms with Crippen molar-refractivity contribution < 1.29 is 13.0 Å². The van der Waals surface area contributed by atoms with Gasteiger partial charge in [0, 0.05) is 28.3 Å². The predicted molar refractivity (Wildman–Crippen MR) is 56.1 cm³/mol. The molecule has 0 amide bonds. The quantitative estimate of drug-likeness (QED) is 0.729. The van der Waals surface area contributed by atoms with E-state index in [9.17, 15) is 13.0 Å². The predicted octanol–water partition coefficient (Wildman–Crippen LogP) is 3.09. The Kier molecular flexibility index (Phi) is 3.26. The summed E-state index contributed by atoms with van der Waals surface area (Å²) >= 11 is 2.83. The Labute approximate surface area is 89.6 Å². The number of halogens is 3. The molecule has 1 aromatic rings. The van der Waals surface area contributed by atoms with E-state index in [0.29, 0.717) is 0 Å². The molecule has 0 fully saturated rings. The van der Waals surface area contributed by atoms with Gasteiger partial charge in [-0.1, -0.05) is 0 Å². The smallest absolute Gasteiger partial charge is 0.150 e. The van der Waals surface area contributed by atoms with Crippen molar-refractivity contribution in [3.63, 3.8) is 0 Å². The second kappa shape index (κ2) is 3.94. The number of hydrogen-bond donors (Lipinski definition) is 0. The molecule has 0 aliphatic rings. The fourth-order valence-corrected chi connectivity index (χ4v) is 1.75. The van der Waals surface area contributed by atoms with Crippen molar-refractivity contribution in [2.24, 2.45) is 4.36 Å². The molecule has 1 aromatic carbocycles. The molecule has 78 valence electrons. The van der Waals surface area contributed by atoms with Gasteiger partial charge in [0.05, 0.1) is 4.47 Å². The van der Waals surface area contributed by atoms with Crippen LogP contribution < -0.4 is 0 Å². The van der Waals surface area contributed by atoms with Crippen molar-refractivity contribution in [3.05, 3.63) is 28.2 Å². The second-order valence-electron chi connectivity index (χ2n) is 2.99. The summed E-state index contributed by atoms with van der Waals surface area (Å²) in [5.41, 5.74) is -0.222. The molecule has 0 atom stereocenters. The van der Waals surface area contributed by atoms with Gasteiger partial charge in [-0.25, -0.2) is 13.0 Å². The van der Waals surface area contributed by atoms with Crippen LogP contribution in [0.4, 0.5) is 14.5 Å². The summed E-state index contributed by atoms with van der Waals surface area (Å²) in [6, 6.07) is 1.87. The fraction of sp³-hybridized carbons (Fsp3) is 0.250. The molecule has 0 aliphatic carbocycles. The molecule has 1 rings (SSSR count). The van der Waals surface area contributed by atoms with E-state index in [1.807, 2.05) is 0 Å². The van der Waals surface area contributed by atoms with Gasteiger partial charge in [-0.2, -0.15) is 4.36 Å². The SMILES string of the molecule is CS(C)(=O)=Nc1cc(F)c(Br)cc1F. The first-order valence-electron chi connectivity index (χ1n) is 3.61. The molecular weight excluding hydrogens is 276 g/mol. The van der Waals surface area contributed by atoms with Gasteiger partial charge >= 0.3 is 0 Å². The van der Waals surface area contributed by atoms with Gasteiger partial charge in [-0.05, 0) is 22.0 Å². The highest BCUT2D eigenvalue weighted by Gasteiger charge is 2.08. The van der Waals surface area contributed by atoms with Crippen LogP contribution in [-0.4, -0.2) is 16.7 Å². The lowest BCUT2D eigenvalue weighted by Gasteiger charge is -2.00. The van der Waals surface area contributed by atoms with E-state index in [4.69, 9.17) is 0 Å². The highest BCUT2D eigenvalue weighted by atomic mass is 79.9. The summed E-state index contributed by atoms with van der Waals surface area (Å²) in [4.78, 5) is 0. The highest BCUT2D eigenvalue weighted by Crippen LogP contribution is 2.26. The molecule has 0 saturated heterocycles. The van der Waals surface area contributed by atoms with Crippen LogP contribution in [-0.2, 0) is 9.73 Å². The summed E-state index contributed by atoms with van der Waals surface area (Å²) in [6.07, 6.45) is 2.71. The van der Waals surface area contributed by atoms with Crippen LogP contribution in [0.15, 0.2) is 21.0 Å². The third kappa shape index (κ3) is 3.02. The number of nitrogens with zero attached hydrogens (tertiary/aromatic N) is 1. The minimum absolute atomic E-state index is 0.0210. The molecule has 0 radical (unpaired) electrons. The first kappa shape index (κ1) is 11.6. The van der Waals surface area contributed by atoms with Crippen LogP contribution in [0.3, 0.4) is 0 Å². The van der Waals surface area contributed by atoms with E-state index < -0.39 is 21.4 Å². The van der Waals surface area contributed by atoms with Crippen molar-refractivity contribution in [1.82, 2.24) is 0 Å². The first-order valence-corrected chi connectivity index (χ1v) is 6.74. The Balaban J connectivity index is 3.38. The van der Waals surface area contributed by atoms with E-state index in [2.05, 4.69) is 20.3 Å². The maximum atomic E-state index is 13.1. The summed E-state index contributed by atoms with van der Waals surface area (Å²) in [5.74, 6) is -1.33. The van der Waals surface area contributed by atoms with Gasteiger partial charge in [-0.15, -0.1) is 0 Å². The van der Waals surface area contributed by atoms with Crippen molar-refractivity contribution >= 4 is 31.3 Å². The van der Waals surface area contributed by atoms with E-state index in [0.717, 1.165) is 12.1 Å². The van der Waals surface area contributed by atoms with E-state index in [1.165, 1.54) is 12.5 Å². The van der Waals surface area contributed by atoms with E-state index >= 15 is 0 Å². The molecule has 14 heavy (non-hydrogen) atoms. The largest absolute Gasteiger partial charge is 0.250 e. The van der Waals surface area contributed by atoms with Gasteiger partial charge in [0.25, 0.3) is 0 Å². The molecule has 6 heteroatoms. The topological polar surface area (TPSA) is 29.4 Å². The van der Waals surface area contributed by atoms with Crippen LogP contribution in [0, 0.1) is 11.6 Å². The molecule has 0 bridgehead atoms. The lowest BCUT2D eigenvalue weighted by atomic mass is 10.3. The summed E-state index contributed by atoms with van der Waals surface area (Å²) in [7, 11) is -2.48. The Morgan fingerprint density at radius 1 is 1.29 bits per heavy atom. The van der Waals surface area contributed by atoms with Crippen molar-refractivity contribution in [3.8, 4) is 0 Å². The maximum Gasteiger partial charge on any atom is 0.150 e. The maximum absolute atomic E-state index is 13.1. The minimum atomic E-state index is -2.48. The average molecular weight is 284 g/mol. The number of benzene rings is 1. The van der Waals surface area contributed by atoms with Crippen LogP contribution in [0.2, 0.25) is 0 Å². The molecule has 0 unspecified atom stereocenters. The molecular formula is C8H8BrF2NOS. The van der Waals surface area contributed by atoms with E-state index in [1.54, 1.807) is 0 Å². The summed E-state index contributed by atoms with van der Waals surface area (Å²) in [5, 5.41) is 0. The molecule has 0 saturated carbocycles. The Hall–Kier alpha value is -0.490. The lowest BCUT2D eigenvalue weighted by Crippen LogP contribution is -1.91. The molecule has 0 spiro atoms. The van der Waals surface area contributed by atoms with Crippen molar-refractivity contribution in [2.75, 3.05) is 12.5 Å². The minimum Gasteiger partial charge on any atom is -0.250 e. The van der Waals surface area contributed by atoms with E-state index in [-0.39, 0.29) is 10.2 Å². The zero-order chi connectivity index (χ0) is 10.9.